The molecule has 6 heteroatoms. The number of ether oxygens (including phenoxy) is 1. The minimum atomic E-state index is -3.10. The van der Waals surface area contributed by atoms with E-state index in [2.05, 4.69) is 11.8 Å². The second-order valence-electron chi connectivity index (χ2n) is 5.92. The molecule has 0 atom stereocenters. The summed E-state index contributed by atoms with van der Waals surface area (Å²) in [7, 11) is -3.10. The summed E-state index contributed by atoms with van der Waals surface area (Å²) in [5.74, 6) is 0.270. The van der Waals surface area contributed by atoms with Crippen LogP contribution in [0.5, 0.6) is 0 Å². The summed E-state index contributed by atoms with van der Waals surface area (Å²) in [5.41, 5.74) is -0.00961. The van der Waals surface area contributed by atoms with E-state index >= 15 is 0 Å². The highest BCUT2D eigenvalue weighted by molar-refractivity contribution is 7.89. The smallest absolute Gasteiger partial charge is 0.214 e. The lowest BCUT2D eigenvalue weighted by molar-refractivity contribution is -0.0263. The predicted molar refractivity (Wildman–Crippen MR) is 80.3 cm³/mol. The van der Waals surface area contributed by atoms with Crippen LogP contribution in [0.1, 0.15) is 39.5 Å². The van der Waals surface area contributed by atoms with E-state index in [4.69, 9.17) is 4.74 Å². The van der Waals surface area contributed by atoms with Gasteiger partial charge in [-0.05, 0) is 38.8 Å². The van der Waals surface area contributed by atoms with Crippen LogP contribution in [-0.4, -0.2) is 68.3 Å². The number of rotatable bonds is 4. The molecule has 2 saturated heterocycles. The molecule has 0 aromatic carbocycles. The summed E-state index contributed by atoms with van der Waals surface area (Å²) in [6.45, 7) is 8.89. The zero-order chi connectivity index (χ0) is 14.6. The molecule has 2 aliphatic rings. The summed E-state index contributed by atoms with van der Waals surface area (Å²) in [6, 6.07) is 0. The summed E-state index contributed by atoms with van der Waals surface area (Å²) in [4.78, 5) is 2.48. The van der Waals surface area contributed by atoms with Gasteiger partial charge in [0.1, 0.15) is 0 Å². The van der Waals surface area contributed by atoms with Crippen molar-refractivity contribution in [3.63, 3.8) is 0 Å². The van der Waals surface area contributed by atoms with E-state index in [1.54, 1.807) is 4.31 Å². The maximum atomic E-state index is 12.4. The van der Waals surface area contributed by atoms with E-state index < -0.39 is 10.0 Å². The van der Waals surface area contributed by atoms with E-state index in [9.17, 15) is 8.42 Å². The van der Waals surface area contributed by atoms with Crippen molar-refractivity contribution in [1.82, 2.24) is 9.21 Å². The van der Waals surface area contributed by atoms with Crippen LogP contribution in [0, 0.1) is 0 Å². The van der Waals surface area contributed by atoms with Gasteiger partial charge in [-0.1, -0.05) is 13.8 Å². The Labute approximate surface area is 123 Å². The van der Waals surface area contributed by atoms with Gasteiger partial charge in [0, 0.05) is 31.8 Å². The summed E-state index contributed by atoms with van der Waals surface area (Å²) in [6.07, 6.45) is 3.50. The molecule has 1 spiro atoms. The Hall–Kier alpha value is -0.170. The SMILES string of the molecule is CCCS(=O)(=O)N1CCCN(CC)C2(CCOCC2)C1. The third-order valence-corrected chi connectivity index (χ3v) is 6.66. The molecule has 0 aromatic rings. The Kier molecular flexibility index (Phi) is 5.45. The second kappa shape index (κ2) is 6.73. The fourth-order valence-electron chi connectivity index (χ4n) is 3.53. The Balaban J connectivity index is 2.22. The standard InChI is InChI=1S/C14H28N2O3S/c1-3-12-20(17,18)16-9-5-8-15(4-2)14(13-16)6-10-19-11-7-14/h3-13H2,1-2H3. The van der Waals surface area contributed by atoms with Crippen molar-refractivity contribution >= 4 is 10.0 Å². The zero-order valence-corrected chi connectivity index (χ0v) is 13.6. The number of hydrogen-bond acceptors (Lipinski definition) is 4. The van der Waals surface area contributed by atoms with Gasteiger partial charge in [-0.15, -0.1) is 0 Å². The average Bonchev–Trinajstić information content (AvgIpc) is 2.60. The first-order valence-electron chi connectivity index (χ1n) is 7.85. The van der Waals surface area contributed by atoms with Gasteiger partial charge in [-0.25, -0.2) is 12.7 Å². The lowest BCUT2D eigenvalue weighted by Crippen LogP contribution is -2.57. The van der Waals surface area contributed by atoms with Crippen LogP contribution in [0.4, 0.5) is 0 Å². The molecule has 0 bridgehead atoms. The van der Waals surface area contributed by atoms with Crippen LogP contribution < -0.4 is 0 Å². The maximum Gasteiger partial charge on any atom is 0.214 e. The average molecular weight is 304 g/mol. The molecule has 0 amide bonds. The van der Waals surface area contributed by atoms with Crippen LogP contribution >= 0.6 is 0 Å². The first kappa shape index (κ1) is 16.2. The predicted octanol–water partition coefficient (Wildman–Crippen LogP) is 1.30. The fraction of sp³-hybridized carbons (Fsp3) is 1.00. The molecule has 2 rings (SSSR count). The van der Waals surface area contributed by atoms with Gasteiger partial charge in [0.2, 0.25) is 10.0 Å². The summed E-state index contributed by atoms with van der Waals surface area (Å²) < 4.78 is 32.1. The van der Waals surface area contributed by atoms with Gasteiger partial charge in [0.25, 0.3) is 0 Å². The zero-order valence-electron chi connectivity index (χ0n) is 12.8. The van der Waals surface area contributed by atoms with Gasteiger partial charge in [-0.3, -0.25) is 4.90 Å². The summed E-state index contributed by atoms with van der Waals surface area (Å²) >= 11 is 0. The van der Waals surface area contributed by atoms with Crippen LogP contribution in [0.2, 0.25) is 0 Å². The van der Waals surface area contributed by atoms with Crippen molar-refractivity contribution in [2.75, 3.05) is 45.1 Å². The molecule has 5 nitrogen and oxygen atoms in total. The molecular formula is C14H28N2O3S. The third-order valence-electron chi connectivity index (χ3n) is 4.64. The molecule has 2 heterocycles. The lowest BCUT2D eigenvalue weighted by atomic mass is 9.88. The van der Waals surface area contributed by atoms with Crippen molar-refractivity contribution < 1.29 is 13.2 Å². The van der Waals surface area contributed by atoms with Crippen molar-refractivity contribution in [1.29, 1.82) is 0 Å². The molecular weight excluding hydrogens is 276 g/mol. The van der Waals surface area contributed by atoms with Gasteiger partial charge in [-0.2, -0.15) is 0 Å². The van der Waals surface area contributed by atoms with Gasteiger partial charge < -0.3 is 4.74 Å². The quantitative estimate of drug-likeness (QED) is 0.785. The van der Waals surface area contributed by atoms with Crippen LogP contribution in [0.3, 0.4) is 0 Å². The van der Waals surface area contributed by atoms with Gasteiger partial charge in [0.15, 0.2) is 0 Å². The van der Waals surface area contributed by atoms with Crippen LogP contribution in [0.15, 0.2) is 0 Å². The van der Waals surface area contributed by atoms with E-state index in [-0.39, 0.29) is 11.3 Å². The minimum Gasteiger partial charge on any atom is -0.381 e. The first-order valence-corrected chi connectivity index (χ1v) is 9.45. The van der Waals surface area contributed by atoms with Crippen molar-refractivity contribution in [3.05, 3.63) is 0 Å². The first-order chi connectivity index (χ1) is 9.54. The largest absolute Gasteiger partial charge is 0.381 e. The fourth-order valence-corrected chi connectivity index (χ4v) is 5.14. The van der Waals surface area contributed by atoms with E-state index in [1.165, 1.54) is 0 Å². The highest BCUT2D eigenvalue weighted by atomic mass is 32.2. The lowest BCUT2D eigenvalue weighted by Gasteiger charge is -2.46. The van der Waals surface area contributed by atoms with Crippen molar-refractivity contribution in [2.45, 2.75) is 45.1 Å². The van der Waals surface area contributed by atoms with Gasteiger partial charge >= 0.3 is 0 Å². The van der Waals surface area contributed by atoms with Crippen molar-refractivity contribution in [3.8, 4) is 0 Å². The molecule has 0 saturated carbocycles. The molecule has 2 fully saturated rings. The minimum absolute atomic E-state index is 0.00961. The molecule has 2 aliphatic heterocycles. The molecule has 0 aliphatic carbocycles. The number of sulfonamides is 1. The molecule has 118 valence electrons. The Morgan fingerprint density at radius 3 is 2.45 bits per heavy atom. The Morgan fingerprint density at radius 2 is 1.85 bits per heavy atom. The maximum absolute atomic E-state index is 12.4. The highest BCUT2D eigenvalue weighted by Crippen LogP contribution is 2.32. The van der Waals surface area contributed by atoms with E-state index in [0.29, 0.717) is 19.5 Å². The van der Waals surface area contributed by atoms with Crippen molar-refractivity contribution in [2.24, 2.45) is 0 Å². The van der Waals surface area contributed by atoms with E-state index in [1.807, 2.05) is 6.92 Å². The van der Waals surface area contributed by atoms with E-state index in [0.717, 1.165) is 45.6 Å². The molecule has 0 unspecified atom stereocenters. The normalized spacial score (nSPS) is 25.7. The Morgan fingerprint density at radius 1 is 1.15 bits per heavy atom. The van der Waals surface area contributed by atoms with Crippen LogP contribution in [-0.2, 0) is 14.8 Å². The topological polar surface area (TPSA) is 49.9 Å². The third kappa shape index (κ3) is 3.35. The number of nitrogens with zero attached hydrogens (tertiary/aromatic N) is 2. The molecule has 0 N–H and O–H groups in total. The molecule has 0 aromatic heterocycles. The second-order valence-corrected chi connectivity index (χ2v) is 8.01. The number of likely N-dealkylation sites (N-methyl/N-ethyl adjacent to an activating group) is 1. The van der Waals surface area contributed by atoms with Gasteiger partial charge in [0.05, 0.1) is 5.75 Å². The molecule has 0 radical (unpaired) electrons. The van der Waals surface area contributed by atoms with Crippen LogP contribution in [0.25, 0.3) is 0 Å². The highest BCUT2D eigenvalue weighted by Gasteiger charge is 2.43. The molecule has 20 heavy (non-hydrogen) atoms. The monoisotopic (exact) mass is 304 g/mol. The summed E-state index contributed by atoms with van der Waals surface area (Å²) in [5, 5.41) is 0. The Bertz CT molecular complexity index is 405. The number of hydrogen-bond donors (Lipinski definition) is 0.